The van der Waals surface area contributed by atoms with Crippen molar-refractivity contribution in [2.45, 2.75) is 19.4 Å². The maximum absolute atomic E-state index is 12.4. The summed E-state index contributed by atoms with van der Waals surface area (Å²) in [5, 5.41) is 9.66. The van der Waals surface area contributed by atoms with Crippen molar-refractivity contribution in [3.63, 3.8) is 0 Å². The molecule has 0 unspecified atom stereocenters. The van der Waals surface area contributed by atoms with Gasteiger partial charge in [0.15, 0.2) is 0 Å². The quantitative estimate of drug-likeness (QED) is 0.756. The van der Waals surface area contributed by atoms with E-state index in [4.69, 9.17) is 4.42 Å². The average molecular weight is 263 g/mol. The maximum Gasteiger partial charge on any atom is 0.262 e. The van der Waals surface area contributed by atoms with E-state index in [-0.39, 0.29) is 29.1 Å². The predicted octanol–water partition coefficient (Wildman–Crippen LogP) is 0.0313. The van der Waals surface area contributed by atoms with Gasteiger partial charge in [-0.25, -0.2) is 4.98 Å². The number of hydrogen-bond donors (Lipinski definition) is 2. The molecule has 1 aliphatic heterocycles. The Morgan fingerprint density at radius 1 is 1.63 bits per heavy atom. The van der Waals surface area contributed by atoms with Crippen LogP contribution in [0.5, 0.6) is 0 Å². The molecule has 1 saturated heterocycles. The van der Waals surface area contributed by atoms with Crippen LogP contribution in [0.3, 0.4) is 0 Å². The van der Waals surface area contributed by atoms with E-state index >= 15 is 0 Å². The summed E-state index contributed by atoms with van der Waals surface area (Å²) >= 11 is 0. The number of aryl methyl sites for hydroxylation is 1. The van der Waals surface area contributed by atoms with Crippen molar-refractivity contribution in [2.24, 2.45) is 0 Å². The lowest BCUT2D eigenvalue weighted by molar-refractivity contribution is 0.0765. The van der Waals surface area contributed by atoms with Crippen LogP contribution in [-0.4, -0.2) is 45.1 Å². The molecule has 100 valence electrons. The van der Waals surface area contributed by atoms with Crippen LogP contribution in [0.15, 0.2) is 15.5 Å². The van der Waals surface area contributed by atoms with Crippen LogP contribution < -0.4 is 5.56 Å². The van der Waals surface area contributed by atoms with Gasteiger partial charge < -0.3 is 19.4 Å². The molecule has 0 bridgehead atoms. The lowest BCUT2D eigenvalue weighted by Crippen LogP contribution is -2.30. The number of nitrogens with one attached hydrogen (secondary N) is 1. The molecule has 0 spiro atoms. The van der Waals surface area contributed by atoms with Crippen LogP contribution >= 0.6 is 0 Å². The molecule has 0 aliphatic carbocycles. The number of H-pyrrole nitrogens is 1. The Hall–Kier alpha value is -2.15. The minimum atomic E-state index is -0.501. The summed E-state index contributed by atoms with van der Waals surface area (Å²) in [6.07, 6.45) is 1.29. The zero-order valence-corrected chi connectivity index (χ0v) is 10.3. The van der Waals surface area contributed by atoms with Crippen LogP contribution in [-0.2, 0) is 0 Å². The van der Waals surface area contributed by atoms with E-state index < -0.39 is 11.7 Å². The Bertz CT molecular complexity index is 703. The van der Waals surface area contributed by atoms with Crippen molar-refractivity contribution in [1.29, 1.82) is 0 Å². The number of amides is 1. The second-order valence-corrected chi connectivity index (χ2v) is 4.64. The Balaban J connectivity index is 2.12. The van der Waals surface area contributed by atoms with E-state index in [0.29, 0.717) is 18.7 Å². The van der Waals surface area contributed by atoms with Crippen LogP contribution in [0.1, 0.15) is 22.5 Å². The Kier molecular flexibility index (Phi) is 2.63. The molecule has 2 N–H and O–H groups in total. The van der Waals surface area contributed by atoms with Gasteiger partial charge in [0.05, 0.1) is 18.0 Å². The summed E-state index contributed by atoms with van der Waals surface area (Å²) in [4.78, 5) is 32.1. The van der Waals surface area contributed by atoms with Crippen LogP contribution in [0.4, 0.5) is 0 Å². The molecule has 2 aromatic heterocycles. The molecule has 1 atom stereocenters. The number of rotatable bonds is 1. The van der Waals surface area contributed by atoms with Crippen molar-refractivity contribution < 1.29 is 14.3 Å². The van der Waals surface area contributed by atoms with Crippen LogP contribution in [0.25, 0.3) is 11.1 Å². The van der Waals surface area contributed by atoms with Crippen molar-refractivity contribution in [3.8, 4) is 0 Å². The molecule has 1 fully saturated rings. The third-order valence-electron chi connectivity index (χ3n) is 3.33. The number of aliphatic hydroxyl groups is 1. The number of hydrogen-bond acceptors (Lipinski definition) is 5. The van der Waals surface area contributed by atoms with Gasteiger partial charge in [0.25, 0.3) is 11.5 Å². The molecular formula is C12H13N3O4. The van der Waals surface area contributed by atoms with Gasteiger partial charge in [-0.2, -0.15) is 0 Å². The third-order valence-corrected chi connectivity index (χ3v) is 3.33. The molecule has 7 heteroatoms. The number of aliphatic hydroxyl groups excluding tert-OH is 1. The lowest BCUT2D eigenvalue weighted by atomic mass is 10.1. The summed E-state index contributed by atoms with van der Waals surface area (Å²) in [7, 11) is 0. The number of carbonyl (C=O) groups excluding carboxylic acids is 1. The molecule has 0 aromatic carbocycles. The van der Waals surface area contributed by atoms with Crippen LogP contribution in [0.2, 0.25) is 0 Å². The molecule has 1 amide bonds. The van der Waals surface area contributed by atoms with E-state index in [0.717, 1.165) is 0 Å². The minimum Gasteiger partial charge on any atom is -0.442 e. The number of likely N-dealkylation sites (tertiary alicyclic amines) is 1. The number of nitrogens with zero attached hydrogens (tertiary/aromatic N) is 2. The number of carbonyl (C=O) groups is 1. The summed E-state index contributed by atoms with van der Waals surface area (Å²) in [5.41, 5.74) is -0.00672. The molecule has 2 aromatic rings. The van der Waals surface area contributed by atoms with E-state index in [2.05, 4.69) is 9.97 Å². The zero-order valence-electron chi connectivity index (χ0n) is 10.3. The van der Waals surface area contributed by atoms with Crippen molar-refractivity contribution in [1.82, 2.24) is 14.9 Å². The van der Waals surface area contributed by atoms with E-state index in [1.807, 2.05) is 0 Å². The smallest absolute Gasteiger partial charge is 0.262 e. The fraction of sp³-hybridized carbons (Fsp3) is 0.417. The highest BCUT2D eigenvalue weighted by Gasteiger charge is 2.30. The summed E-state index contributed by atoms with van der Waals surface area (Å²) in [6.45, 7) is 2.38. The monoisotopic (exact) mass is 263 g/mol. The average Bonchev–Trinajstić information content (AvgIpc) is 2.92. The topological polar surface area (TPSA) is 99.4 Å². The molecule has 7 nitrogen and oxygen atoms in total. The highest BCUT2D eigenvalue weighted by atomic mass is 16.3. The summed E-state index contributed by atoms with van der Waals surface area (Å²) < 4.78 is 5.35. The maximum atomic E-state index is 12.4. The lowest BCUT2D eigenvalue weighted by Gasteiger charge is -2.14. The molecule has 1 aliphatic rings. The first-order valence-electron chi connectivity index (χ1n) is 6.02. The number of β-amino-alcohol motifs (C(OH)–C–C–N with tert-alkyl or cyclic N) is 1. The molecular weight excluding hydrogens is 250 g/mol. The van der Waals surface area contributed by atoms with Gasteiger partial charge in [0.1, 0.15) is 11.1 Å². The Labute approximate surface area is 107 Å². The SMILES string of the molecule is Cc1oc2nc[nH]c(=O)c2c1C(=O)N1CC[C@@H](O)C1. The predicted molar refractivity (Wildman–Crippen MR) is 65.9 cm³/mol. The number of furan rings is 1. The van der Waals surface area contributed by atoms with E-state index in [1.165, 1.54) is 11.2 Å². The van der Waals surface area contributed by atoms with Gasteiger partial charge in [0.2, 0.25) is 5.71 Å². The van der Waals surface area contributed by atoms with Gasteiger partial charge >= 0.3 is 0 Å². The van der Waals surface area contributed by atoms with E-state index in [1.54, 1.807) is 6.92 Å². The summed E-state index contributed by atoms with van der Waals surface area (Å²) in [5.74, 6) is 0.0666. The normalized spacial score (nSPS) is 19.3. The van der Waals surface area contributed by atoms with Gasteiger partial charge in [-0.3, -0.25) is 9.59 Å². The first kappa shape index (κ1) is 11.9. The fourth-order valence-corrected chi connectivity index (χ4v) is 2.40. The largest absolute Gasteiger partial charge is 0.442 e. The van der Waals surface area contributed by atoms with Gasteiger partial charge in [-0.1, -0.05) is 0 Å². The second kappa shape index (κ2) is 4.20. The third kappa shape index (κ3) is 1.82. The molecule has 0 saturated carbocycles. The van der Waals surface area contributed by atoms with E-state index in [9.17, 15) is 14.7 Å². The Morgan fingerprint density at radius 2 is 2.42 bits per heavy atom. The van der Waals surface area contributed by atoms with Gasteiger partial charge in [-0.15, -0.1) is 0 Å². The Morgan fingerprint density at radius 3 is 3.11 bits per heavy atom. The first-order chi connectivity index (χ1) is 9.08. The van der Waals surface area contributed by atoms with Crippen molar-refractivity contribution in [3.05, 3.63) is 28.0 Å². The van der Waals surface area contributed by atoms with Gasteiger partial charge in [0, 0.05) is 13.1 Å². The highest BCUT2D eigenvalue weighted by molar-refractivity contribution is 6.06. The summed E-state index contributed by atoms with van der Waals surface area (Å²) in [6, 6.07) is 0. The van der Waals surface area contributed by atoms with Crippen molar-refractivity contribution in [2.75, 3.05) is 13.1 Å². The van der Waals surface area contributed by atoms with Gasteiger partial charge in [-0.05, 0) is 13.3 Å². The first-order valence-corrected chi connectivity index (χ1v) is 6.02. The van der Waals surface area contributed by atoms with Crippen LogP contribution in [0, 0.1) is 6.92 Å². The number of aromatic nitrogens is 2. The number of aromatic amines is 1. The zero-order chi connectivity index (χ0) is 13.6. The standard InChI is InChI=1S/C12H13N3O4/c1-6-8(12(18)15-3-2-7(16)4-15)9-10(17)13-5-14-11(9)19-6/h5,7,16H,2-4H2,1H3,(H,13,14,17)/t7-/m1/s1. The second-order valence-electron chi connectivity index (χ2n) is 4.64. The molecule has 3 heterocycles. The fourth-order valence-electron chi connectivity index (χ4n) is 2.40. The molecule has 0 radical (unpaired) electrons. The number of fused-ring (bicyclic) bond motifs is 1. The highest BCUT2D eigenvalue weighted by Crippen LogP contribution is 2.23. The molecule has 19 heavy (non-hydrogen) atoms. The minimum absolute atomic E-state index is 0.157. The molecule has 3 rings (SSSR count). The van der Waals surface area contributed by atoms with Crippen molar-refractivity contribution >= 4 is 17.0 Å².